The Labute approximate surface area is 515 Å². The van der Waals surface area contributed by atoms with E-state index in [-0.39, 0.29) is 18.9 Å². The van der Waals surface area contributed by atoms with Gasteiger partial charge < -0.3 is 65.1 Å². The van der Waals surface area contributed by atoms with Crippen LogP contribution >= 0.6 is 0 Å². The van der Waals surface area contributed by atoms with Crippen molar-refractivity contribution in [3.8, 4) is 0 Å². The van der Waals surface area contributed by atoms with Crippen LogP contribution in [0.4, 0.5) is 0 Å². The first-order chi connectivity index (χ1) is 41.6. The minimum atomic E-state index is -1.79. The van der Waals surface area contributed by atoms with Gasteiger partial charge in [0.15, 0.2) is 12.6 Å². The highest BCUT2D eigenvalue weighted by atomic mass is 16.7. The van der Waals surface area contributed by atoms with Gasteiger partial charge in [0.2, 0.25) is 5.91 Å². The molecule has 2 rings (SSSR count). The Morgan fingerprint density at radius 3 is 1.25 bits per heavy atom. The van der Waals surface area contributed by atoms with Crippen LogP contribution in [0.5, 0.6) is 0 Å². The molecule has 2 heterocycles. The Bertz CT molecular complexity index is 1840. The van der Waals surface area contributed by atoms with Crippen LogP contribution in [0.1, 0.15) is 239 Å². The molecule has 12 unspecified atom stereocenters. The van der Waals surface area contributed by atoms with Gasteiger partial charge >= 0.3 is 0 Å². The highest BCUT2D eigenvalue weighted by molar-refractivity contribution is 5.76. The minimum absolute atomic E-state index is 0.248. The van der Waals surface area contributed by atoms with Gasteiger partial charge in [-0.15, -0.1) is 0 Å². The molecule has 488 valence electrons. The third kappa shape index (κ3) is 39.3. The molecule has 0 aromatic rings. The first-order valence-electron chi connectivity index (χ1n) is 33.6. The molecule has 9 N–H and O–H groups in total. The first kappa shape index (κ1) is 77.7. The van der Waals surface area contributed by atoms with Crippen molar-refractivity contribution in [2.24, 2.45) is 0 Å². The van der Waals surface area contributed by atoms with Gasteiger partial charge in [-0.05, 0) is 83.5 Å². The summed E-state index contributed by atoms with van der Waals surface area (Å²) in [5.41, 5.74) is 0. The van der Waals surface area contributed by atoms with Crippen LogP contribution in [0.3, 0.4) is 0 Å². The smallest absolute Gasteiger partial charge is 0.220 e. The van der Waals surface area contributed by atoms with Crippen LogP contribution in [-0.4, -0.2) is 140 Å². The molecule has 0 spiro atoms. The monoisotopic (exact) mass is 1200 g/mol. The SMILES string of the molecule is CC/C=C\C/C=C\C/C=C\C/C=C\C/C=C\C/C=C\C/C=C\C/C=C\CCCCCCCCCCCCC(=O)NC(COC1OC(CO)C(OC2OC(CO)C(O)C(O)C2O)C(O)C1O)C(O)/C=C/CCCCCCCCCCCCCCCC. The highest BCUT2D eigenvalue weighted by Crippen LogP contribution is 2.30. The van der Waals surface area contributed by atoms with E-state index in [1.807, 2.05) is 6.08 Å². The lowest BCUT2D eigenvalue weighted by Crippen LogP contribution is -2.65. The number of ether oxygens (including phenoxy) is 4. The highest BCUT2D eigenvalue weighted by Gasteiger charge is 2.51. The number of carbonyl (C=O) groups is 1. The summed E-state index contributed by atoms with van der Waals surface area (Å²) >= 11 is 0. The third-order valence-corrected chi connectivity index (χ3v) is 15.7. The zero-order valence-corrected chi connectivity index (χ0v) is 52.8. The van der Waals surface area contributed by atoms with Gasteiger partial charge in [-0.2, -0.15) is 0 Å². The number of nitrogens with one attached hydrogen (secondary N) is 1. The molecule has 0 radical (unpaired) electrons. The third-order valence-electron chi connectivity index (χ3n) is 15.7. The van der Waals surface area contributed by atoms with Gasteiger partial charge in [-0.25, -0.2) is 0 Å². The maximum absolute atomic E-state index is 13.3. The fourth-order valence-corrected chi connectivity index (χ4v) is 10.4. The van der Waals surface area contributed by atoms with E-state index in [9.17, 15) is 45.6 Å². The van der Waals surface area contributed by atoms with Crippen molar-refractivity contribution in [1.82, 2.24) is 5.32 Å². The van der Waals surface area contributed by atoms with Crippen molar-refractivity contribution in [2.45, 2.75) is 312 Å². The van der Waals surface area contributed by atoms with Gasteiger partial charge in [0.25, 0.3) is 0 Å². The van der Waals surface area contributed by atoms with Gasteiger partial charge in [0, 0.05) is 6.42 Å². The Kier molecular flexibility index (Phi) is 50.1. The fraction of sp³-hybridized carbons (Fsp3) is 0.732. The predicted molar refractivity (Wildman–Crippen MR) is 345 cm³/mol. The van der Waals surface area contributed by atoms with Crippen molar-refractivity contribution in [3.05, 3.63) is 109 Å². The van der Waals surface area contributed by atoms with E-state index in [1.165, 1.54) is 116 Å². The fourth-order valence-electron chi connectivity index (χ4n) is 10.4. The number of carbonyl (C=O) groups excluding carboxylic acids is 1. The van der Waals surface area contributed by atoms with E-state index in [1.54, 1.807) is 6.08 Å². The normalized spacial score (nSPS) is 24.3. The molecule has 0 bridgehead atoms. The minimum Gasteiger partial charge on any atom is -0.394 e. The van der Waals surface area contributed by atoms with Crippen LogP contribution in [0.15, 0.2) is 109 Å². The van der Waals surface area contributed by atoms with Gasteiger partial charge in [0.05, 0.1) is 32.0 Å². The van der Waals surface area contributed by atoms with Crippen LogP contribution in [0.25, 0.3) is 0 Å². The molecule has 0 aliphatic carbocycles. The maximum Gasteiger partial charge on any atom is 0.220 e. The molecule has 0 saturated carbocycles. The van der Waals surface area contributed by atoms with Crippen LogP contribution in [0.2, 0.25) is 0 Å². The Morgan fingerprint density at radius 1 is 0.435 bits per heavy atom. The molecule has 14 nitrogen and oxygen atoms in total. The van der Waals surface area contributed by atoms with Gasteiger partial charge in [0.1, 0.15) is 48.8 Å². The molecule has 2 aliphatic rings. The lowest BCUT2D eigenvalue weighted by molar-refractivity contribution is -0.359. The second-order valence-electron chi connectivity index (χ2n) is 23.2. The van der Waals surface area contributed by atoms with E-state index < -0.39 is 86.8 Å². The second kappa shape index (κ2) is 54.8. The Hall–Kier alpha value is -3.35. The van der Waals surface area contributed by atoms with E-state index in [0.29, 0.717) is 6.42 Å². The zero-order valence-electron chi connectivity index (χ0n) is 52.8. The van der Waals surface area contributed by atoms with E-state index >= 15 is 0 Å². The van der Waals surface area contributed by atoms with Crippen molar-refractivity contribution < 1.29 is 64.6 Å². The van der Waals surface area contributed by atoms with E-state index in [0.717, 1.165) is 96.3 Å². The number of hydrogen-bond acceptors (Lipinski definition) is 13. The number of allylic oxidation sites excluding steroid dienone is 17. The number of aliphatic hydroxyl groups excluding tert-OH is 8. The molecule has 12 atom stereocenters. The summed E-state index contributed by atoms with van der Waals surface area (Å²) in [6, 6.07) is -0.924. The number of amides is 1. The Morgan fingerprint density at radius 2 is 0.812 bits per heavy atom. The summed E-state index contributed by atoms with van der Waals surface area (Å²) in [5.74, 6) is -0.248. The predicted octanol–water partition coefficient (Wildman–Crippen LogP) is 13.2. The molecular formula is C71H121NO13. The standard InChI is InChI=1S/C71H121NO13/c1-3-5-7-9-11-13-15-17-19-21-22-23-24-25-26-27-28-29-30-31-32-33-34-35-36-37-38-39-41-43-45-47-49-51-53-55-63(76)72-59(60(75)54-52-50-48-46-44-42-40-20-18-16-14-12-10-8-6-4-2)58-82-70-68(81)66(79)69(62(57-74)84-70)85-71-67(80)65(78)64(77)61(56-73)83-71/h5,7,11,13,17,19,22-23,25-26,28-29,31-32,34-35,52,54,59-62,64-71,73-75,77-81H,3-4,6,8-10,12,14-16,18,20-21,24,27,30,33,36-51,53,55-58H2,1-2H3,(H,72,76)/b7-5-,13-11-,19-17-,23-22-,26-25-,29-28-,32-31-,35-34-,54-52+. The number of rotatable bonds is 53. The lowest BCUT2D eigenvalue weighted by Gasteiger charge is -2.46. The maximum atomic E-state index is 13.3. The summed E-state index contributed by atoms with van der Waals surface area (Å²) in [7, 11) is 0. The molecule has 2 fully saturated rings. The summed E-state index contributed by atoms with van der Waals surface area (Å²) < 4.78 is 22.8. The molecule has 1 amide bonds. The van der Waals surface area contributed by atoms with E-state index in [2.05, 4.69) is 116 Å². The quantitative estimate of drug-likeness (QED) is 0.0204. The molecule has 0 aromatic heterocycles. The van der Waals surface area contributed by atoms with Crippen LogP contribution in [0, 0.1) is 0 Å². The first-order valence-corrected chi connectivity index (χ1v) is 33.6. The largest absolute Gasteiger partial charge is 0.394 e. The van der Waals surface area contributed by atoms with E-state index in [4.69, 9.17) is 18.9 Å². The number of aliphatic hydroxyl groups is 8. The Balaban J connectivity index is 1.66. The summed E-state index contributed by atoms with van der Waals surface area (Å²) in [5, 5.41) is 87.3. The van der Waals surface area contributed by atoms with Crippen molar-refractivity contribution >= 4 is 5.91 Å². The van der Waals surface area contributed by atoms with Crippen molar-refractivity contribution in [3.63, 3.8) is 0 Å². The number of hydrogen-bond donors (Lipinski definition) is 9. The molecule has 85 heavy (non-hydrogen) atoms. The lowest BCUT2D eigenvalue weighted by atomic mass is 9.97. The average Bonchev–Trinajstić information content (AvgIpc) is 3.70. The van der Waals surface area contributed by atoms with Crippen LogP contribution in [-0.2, 0) is 23.7 Å². The summed E-state index contributed by atoms with van der Waals surface area (Å²) in [6.45, 7) is 2.68. The molecule has 2 aliphatic heterocycles. The molecule has 0 aromatic carbocycles. The number of unbranched alkanes of at least 4 members (excludes halogenated alkanes) is 24. The van der Waals surface area contributed by atoms with Crippen molar-refractivity contribution in [1.29, 1.82) is 0 Å². The summed E-state index contributed by atoms with van der Waals surface area (Å²) in [6.07, 6.45) is 61.3. The van der Waals surface area contributed by atoms with Crippen LogP contribution < -0.4 is 5.32 Å². The molecule has 2 saturated heterocycles. The average molecular weight is 1200 g/mol. The zero-order chi connectivity index (χ0) is 61.6. The summed E-state index contributed by atoms with van der Waals surface area (Å²) in [4.78, 5) is 13.3. The van der Waals surface area contributed by atoms with Gasteiger partial charge in [-0.3, -0.25) is 4.79 Å². The van der Waals surface area contributed by atoms with Gasteiger partial charge in [-0.1, -0.05) is 258 Å². The molecule has 14 heteroatoms. The van der Waals surface area contributed by atoms with Crippen molar-refractivity contribution in [2.75, 3.05) is 19.8 Å². The topological polar surface area (TPSA) is 228 Å². The molecular weight excluding hydrogens is 1070 g/mol. The second-order valence-corrected chi connectivity index (χ2v) is 23.2.